The number of nitrogens with zero attached hydrogens (tertiary/aromatic N) is 1. The lowest BCUT2D eigenvalue weighted by molar-refractivity contribution is 0.660. The minimum absolute atomic E-state index is 0.109. The Morgan fingerprint density at radius 2 is 0.814 bits per heavy atom. The monoisotopic (exact) mass is 753 g/mol. The van der Waals surface area contributed by atoms with Gasteiger partial charge < -0.3 is 4.90 Å². The first-order chi connectivity index (χ1) is 29.0. The second-order valence-electron chi connectivity index (χ2n) is 16.5. The molecule has 59 heavy (non-hydrogen) atoms. The SMILES string of the molecule is CC1(C)c2ccccc2-c2ccc(N(c3ccc(-c4cccc5c4-c4ccccc4C5(c4ccccc4)c4ccccc4)cc3)c3cccc(-c4ccccc4)c3)cc21. The molecule has 1 heteroatoms. The first-order valence-corrected chi connectivity index (χ1v) is 20.7. The van der Waals surface area contributed by atoms with Gasteiger partial charge in [-0.3, -0.25) is 0 Å². The van der Waals surface area contributed by atoms with Crippen LogP contribution in [-0.2, 0) is 10.8 Å². The Labute approximate surface area is 347 Å². The lowest BCUT2D eigenvalue weighted by Crippen LogP contribution is -2.28. The molecule has 0 atom stereocenters. The zero-order valence-corrected chi connectivity index (χ0v) is 33.3. The predicted octanol–water partition coefficient (Wildman–Crippen LogP) is 15.2. The lowest BCUT2D eigenvalue weighted by Gasteiger charge is -2.34. The first-order valence-electron chi connectivity index (χ1n) is 20.7. The fourth-order valence-electron chi connectivity index (χ4n) is 10.3. The van der Waals surface area contributed by atoms with Gasteiger partial charge in [0.15, 0.2) is 0 Å². The average molecular weight is 754 g/mol. The maximum absolute atomic E-state index is 2.43. The molecule has 0 heterocycles. The van der Waals surface area contributed by atoms with E-state index in [1.54, 1.807) is 0 Å². The van der Waals surface area contributed by atoms with E-state index >= 15 is 0 Å². The van der Waals surface area contributed by atoms with E-state index in [1.807, 2.05) is 0 Å². The number of fused-ring (bicyclic) bond motifs is 6. The summed E-state index contributed by atoms with van der Waals surface area (Å²) in [5.41, 5.74) is 20.8. The zero-order valence-electron chi connectivity index (χ0n) is 33.3. The number of hydrogen-bond donors (Lipinski definition) is 0. The summed E-state index contributed by atoms with van der Waals surface area (Å²) in [5.74, 6) is 0. The largest absolute Gasteiger partial charge is 0.310 e. The van der Waals surface area contributed by atoms with Crippen molar-refractivity contribution in [1.29, 1.82) is 0 Å². The molecule has 0 saturated carbocycles. The fraction of sp³-hybridized carbons (Fsp3) is 0.0690. The van der Waals surface area contributed by atoms with Gasteiger partial charge in [-0.2, -0.15) is 0 Å². The quantitative estimate of drug-likeness (QED) is 0.157. The summed E-state index contributed by atoms with van der Waals surface area (Å²) >= 11 is 0. The van der Waals surface area contributed by atoms with Crippen molar-refractivity contribution in [3.8, 4) is 44.5 Å². The van der Waals surface area contributed by atoms with Gasteiger partial charge in [0.05, 0.1) is 5.41 Å². The molecule has 0 saturated heterocycles. The minimum Gasteiger partial charge on any atom is -0.310 e. The van der Waals surface area contributed by atoms with Gasteiger partial charge in [-0.1, -0.05) is 202 Å². The van der Waals surface area contributed by atoms with E-state index in [9.17, 15) is 0 Å². The molecule has 11 rings (SSSR count). The Hall–Kier alpha value is -7.22. The molecule has 0 fully saturated rings. The molecule has 280 valence electrons. The van der Waals surface area contributed by atoms with Crippen molar-refractivity contribution in [3.05, 3.63) is 258 Å². The van der Waals surface area contributed by atoms with Crippen LogP contribution in [0.15, 0.2) is 224 Å². The van der Waals surface area contributed by atoms with Crippen LogP contribution in [0.25, 0.3) is 44.5 Å². The van der Waals surface area contributed by atoms with Crippen LogP contribution in [-0.4, -0.2) is 0 Å². The molecule has 2 aliphatic carbocycles. The van der Waals surface area contributed by atoms with Gasteiger partial charge in [0.2, 0.25) is 0 Å². The van der Waals surface area contributed by atoms with Crippen molar-refractivity contribution in [3.63, 3.8) is 0 Å². The zero-order chi connectivity index (χ0) is 39.6. The van der Waals surface area contributed by atoms with Crippen LogP contribution in [0.5, 0.6) is 0 Å². The van der Waals surface area contributed by atoms with Gasteiger partial charge in [-0.05, 0) is 114 Å². The van der Waals surface area contributed by atoms with Crippen LogP contribution in [0.4, 0.5) is 17.1 Å². The number of rotatable bonds is 7. The van der Waals surface area contributed by atoms with Gasteiger partial charge in [0.1, 0.15) is 0 Å². The van der Waals surface area contributed by atoms with Crippen LogP contribution in [0.3, 0.4) is 0 Å². The number of benzene rings is 9. The molecule has 2 aliphatic rings. The van der Waals surface area contributed by atoms with Crippen molar-refractivity contribution in [2.75, 3.05) is 4.90 Å². The second-order valence-corrected chi connectivity index (χ2v) is 16.5. The van der Waals surface area contributed by atoms with Crippen LogP contribution >= 0.6 is 0 Å². The number of hydrogen-bond acceptors (Lipinski definition) is 1. The summed E-state index contributed by atoms with van der Waals surface area (Å²) in [6, 6.07) is 82.8. The molecule has 0 amide bonds. The number of anilines is 3. The van der Waals surface area contributed by atoms with Crippen LogP contribution < -0.4 is 4.90 Å². The van der Waals surface area contributed by atoms with Crippen molar-refractivity contribution in [2.45, 2.75) is 24.7 Å². The highest BCUT2D eigenvalue weighted by atomic mass is 15.1. The first kappa shape index (κ1) is 35.0. The molecule has 9 aromatic rings. The summed E-state index contributed by atoms with van der Waals surface area (Å²) in [5, 5.41) is 0. The fourth-order valence-corrected chi connectivity index (χ4v) is 10.3. The van der Waals surface area contributed by atoms with Crippen molar-refractivity contribution < 1.29 is 0 Å². The smallest absolute Gasteiger partial charge is 0.0713 e. The minimum atomic E-state index is -0.439. The average Bonchev–Trinajstić information content (AvgIpc) is 3.73. The standard InChI is InChI=1S/C58H43N/c1-57(2)52-29-14-12-26-49(52)50-37-36-47(39-55(50)57)59(46-25-16-20-42(38-46)40-18-6-3-7-19-40)45-34-32-41(33-35-45)48-28-17-31-54-56(48)51-27-13-15-30-53(51)58(54,43-21-8-4-9-22-43)44-23-10-5-11-24-44/h3-39H,1-2H3. The Morgan fingerprint density at radius 1 is 0.305 bits per heavy atom. The third kappa shape index (κ3) is 5.39. The molecular formula is C58H43N. The Bertz CT molecular complexity index is 2960. The molecule has 9 aromatic carbocycles. The normalized spacial score (nSPS) is 13.9. The third-order valence-corrected chi connectivity index (χ3v) is 13.0. The van der Waals surface area contributed by atoms with E-state index in [4.69, 9.17) is 0 Å². The molecule has 0 N–H and O–H groups in total. The van der Waals surface area contributed by atoms with E-state index in [0.29, 0.717) is 0 Å². The molecule has 0 radical (unpaired) electrons. The molecular weight excluding hydrogens is 711 g/mol. The van der Waals surface area contributed by atoms with E-state index in [-0.39, 0.29) is 5.41 Å². The van der Waals surface area contributed by atoms with Crippen molar-refractivity contribution >= 4 is 17.1 Å². The van der Waals surface area contributed by atoms with Gasteiger partial charge in [0, 0.05) is 22.5 Å². The summed E-state index contributed by atoms with van der Waals surface area (Å²) in [4.78, 5) is 2.43. The van der Waals surface area contributed by atoms with Gasteiger partial charge >= 0.3 is 0 Å². The Morgan fingerprint density at radius 3 is 1.53 bits per heavy atom. The molecule has 0 unspecified atom stereocenters. The molecule has 0 aromatic heterocycles. The molecule has 0 bridgehead atoms. The van der Waals surface area contributed by atoms with Gasteiger partial charge in [0.25, 0.3) is 0 Å². The molecule has 0 aliphatic heterocycles. The Balaban J connectivity index is 1.07. The van der Waals surface area contributed by atoms with Crippen molar-refractivity contribution in [2.24, 2.45) is 0 Å². The topological polar surface area (TPSA) is 3.24 Å². The highest BCUT2D eigenvalue weighted by Gasteiger charge is 2.46. The van der Waals surface area contributed by atoms with Gasteiger partial charge in [-0.15, -0.1) is 0 Å². The van der Waals surface area contributed by atoms with E-state index in [0.717, 1.165) is 17.1 Å². The van der Waals surface area contributed by atoms with Gasteiger partial charge in [-0.25, -0.2) is 0 Å². The van der Waals surface area contributed by atoms with E-state index in [1.165, 1.54) is 77.9 Å². The Kier molecular flexibility index (Phi) is 8.13. The van der Waals surface area contributed by atoms with Crippen LogP contribution in [0.1, 0.15) is 47.2 Å². The maximum Gasteiger partial charge on any atom is 0.0713 e. The predicted molar refractivity (Wildman–Crippen MR) is 247 cm³/mol. The summed E-state index contributed by atoms with van der Waals surface area (Å²) in [6.45, 7) is 4.72. The maximum atomic E-state index is 2.43. The lowest BCUT2D eigenvalue weighted by atomic mass is 9.67. The van der Waals surface area contributed by atoms with Crippen molar-refractivity contribution in [1.82, 2.24) is 0 Å². The highest BCUT2D eigenvalue weighted by molar-refractivity contribution is 5.96. The molecule has 1 nitrogen and oxygen atoms in total. The third-order valence-electron chi connectivity index (χ3n) is 13.0. The van der Waals surface area contributed by atoms with E-state index < -0.39 is 5.41 Å². The van der Waals surface area contributed by atoms with Crippen LogP contribution in [0.2, 0.25) is 0 Å². The molecule has 0 spiro atoms. The summed E-state index contributed by atoms with van der Waals surface area (Å²) < 4.78 is 0. The summed E-state index contributed by atoms with van der Waals surface area (Å²) in [6.07, 6.45) is 0. The highest BCUT2D eigenvalue weighted by Crippen LogP contribution is 2.58. The summed E-state index contributed by atoms with van der Waals surface area (Å²) in [7, 11) is 0. The second kappa shape index (κ2) is 13.7. The van der Waals surface area contributed by atoms with E-state index in [2.05, 4.69) is 243 Å². The van der Waals surface area contributed by atoms with Crippen LogP contribution in [0, 0.1) is 0 Å².